The molecule has 0 aliphatic carbocycles. The van der Waals surface area contributed by atoms with Crippen LogP contribution in [0.25, 0.3) is 11.3 Å². The van der Waals surface area contributed by atoms with E-state index in [9.17, 15) is 0 Å². The molecule has 12 heavy (non-hydrogen) atoms. The second-order valence-corrected chi connectivity index (χ2v) is 2.43. The highest BCUT2D eigenvalue weighted by Gasteiger charge is 2.02. The van der Waals surface area contributed by atoms with Crippen molar-refractivity contribution in [1.82, 2.24) is 10.2 Å². The molecule has 2 heterocycles. The van der Waals surface area contributed by atoms with Crippen molar-refractivity contribution in [2.75, 3.05) is 12.4 Å². The van der Waals surface area contributed by atoms with Crippen LogP contribution in [0.15, 0.2) is 29.1 Å². The van der Waals surface area contributed by atoms with Crippen LogP contribution in [0, 0.1) is 0 Å². The number of rotatable bonds is 2. The SMILES string of the molecule is CNc1cc(-c2ccoc2)[nH]n1. The van der Waals surface area contributed by atoms with E-state index in [-0.39, 0.29) is 0 Å². The lowest BCUT2D eigenvalue weighted by molar-refractivity contribution is 0.568. The van der Waals surface area contributed by atoms with E-state index in [4.69, 9.17) is 4.42 Å². The Labute approximate surface area is 69.6 Å². The van der Waals surface area contributed by atoms with Gasteiger partial charge in [-0.05, 0) is 6.07 Å². The first kappa shape index (κ1) is 6.97. The van der Waals surface area contributed by atoms with Gasteiger partial charge in [0.15, 0.2) is 0 Å². The van der Waals surface area contributed by atoms with Crippen LogP contribution in [0.5, 0.6) is 0 Å². The fraction of sp³-hybridized carbons (Fsp3) is 0.125. The van der Waals surface area contributed by atoms with Crippen molar-refractivity contribution in [2.45, 2.75) is 0 Å². The standard InChI is InChI=1S/C8H9N3O/c1-9-8-4-7(10-11-8)6-2-3-12-5-6/h2-5H,1H3,(H2,9,10,11). The van der Waals surface area contributed by atoms with Gasteiger partial charge in [0, 0.05) is 18.7 Å². The molecule has 2 aromatic rings. The van der Waals surface area contributed by atoms with E-state index in [1.165, 1.54) is 0 Å². The molecule has 0 aliphatic rings. The van der Waals surface area contributed by atoms with Gasteiger partial charge >= 0.3 is 0 Å². The number of nitrogens with one attached hydrogen (secondary N) is 2. The minimum atomic E-state index is 0.825. The largest absolute Gasteiger partial charge is 0.472 e. The summed E-state index contributed by atoms with van der Waals surface area (Å²) in [4.78, 5) is 0. The Kier molecular flexibility index (Phi) is 1.59. The molecule has 2 rings (SSSR count). The molecule has 2 N–H and O–H groups in total. The molecule has 0 radical (unpaired) electrons. The van der Waals surface area contributed by atoms with Crippen molar-refractivity contribution in [3.63, 3.8) is 0 Å². The van der Waals surface area contributed by atoms with Crippen molar-refractivity contribution in [2.24, 2.45) is 0 Å². The summed E-state index contributed by atoms with van der Waals surface area (Å²) in [6.07, 6.45) is 3.31. The molecule has 0 saturated carbocycles. The molecule has 0 atom stereocenters. The van der Waals surface area contributed by atoms with Gasteiger partial charge in [-0.25, -0.2) is 0 Å². The summed E-state index contributed by atoms with van der Waals surface area (Å²) in [5.41, 5.74) is 1.96. The number of aromatic nitrogens is 2. The summed E-state index contributed by atoms with van der Waals surface area (Å²) < 4.78 is 4.94. The zero-order valence-electron chi connectivity index (χ0n) is 6.66. The predicted octanol–water partition coefficient (Wildman–Crippen LogP) is 1.71. The van der Waals surface area contributed by atoms with Crippen molar-refractivity contribution in [3.05, 3.63) is 24.7 Å². The maximum Gasteiger partial charge on any atom is 0.148 e. The highest BCUT2D eigenvalue weighted by Crippen LogP contribution is 2.19. The first-order valence-corrected chi connectivity index (χ1v) is 3.66. The molecular formula is C8H9N3O. The normalized spacial score (nSPS) is 10.1. The zero-order chi connectivity index (χ0) is 8.39. The van der Waals surface area contributed by atoms with Gasteiger partial charge in [0.1, 0.15) is 5.82 Å². The van der Waals surface area contributed by atoms with E-state index in [1.807, 2.05) is 19.2 Å². The van der Waals surface area contributed by atoms with Crippen LogP contribution in [-0.4, -0.2) is 17.2 Å². The van der Waals surface area contributed by atoms with Gasteiger partial charge in [0.25, 0.3) is 0 Å². The van der Waals surface area contributed by atoms with E-state index >= 15 is 0 Å². The number of H-pyrrole nitrogens is 1. The molecule has 0 bridgehead atoms. The predicted molar refractivity (Wildman–Crippen MR) is 45.8 cm³/mol. The van der Waals surface area contributed by atoms with Crippen LogP contribution < -0.4 is 5.32 Å². The van der Waals surface area contributed by atoms with Crippen molar-refractivity contribution >= 4 is 5.82 Å². The Hall–Kier alpha value is -1.71. The summed E-state index contributed by atoms with van der Waals surface area (Å²) in [5, 5.41) is 9.84. The van der Waals surface area contributed by atoms with Crippen LogP contribution in [-0.2, 0) is 0 Å². The maximum atomic E-state index is 4.94. The number of furan rings is 1. The number of anilines is 1. The number of nitrogens with zero attached hydrogens (tertiary/aromatic N) is 1. The lowest BCUT2D eigenvalue weighted by Gasteiger charge is -1.86. The summed E-state index contributed by atoms with van der Waals surface area (Å²) in [6.45, 7) is 0. The Balaban J connectivity index is 2.35. The molecule has 0 amide bonds. The molecule has 2 aromatic heterocycles. The molecule has 0 spiro atoms. The second kappa shape index (κ2) is 2.73. The highest BCUT2D eigenvalue weighted by atomic mass is 16.3. The van der Waals surface area contributed by atoms with Crippen LogP contribution in [0.2, 0.25) is 0 Å². The van der Waals surface area contributed by atoms with E-state index in [2.05, 4.69) is 15.5 Å². The average molecular weight is 163 g/mol. The molecule has 4 nitrogen and oxygen atoms in total. The maximum absolute atomic E-state index is 4.94. The molecule has 4 heteroatoms. The van der Waals surface area contributed by atoms with Crippen LogP contribution >= 0.6 is 0 Å². The summed E-state index contributed by atoms with van der Waals surface area (Å²) in [7, 11) is 1.83. The quantitative estimate of drug-likeness (QED) is 0.708. The van der Waals surface area contributed by atoms with E-state index in [1.54, 1.807) is 12.5 Å². The number of hydrogen-bond donors (Lipinski definition) is 2. The molecule has 0 unspecified atom stereocenters. The van der Waals surface area contributed by atoms with Gasteiger partial charge in [0.05, 0.1) is 18.2 Å². The minimum absolute atomic E-state index is 0.825. The Morgan fingerprint density at radius 1 is 1.58 bits per heavy atom. The zero-order valence-corrected chi connectivity index (χ0v) is 6.66. The highest BCUT2D eigenvalue weighted by molar-refractivity contribution is 5.61. The van der Waals surface area contributed by atoms with Gasteiger partial charge in [-0.1, -0.05) is 0 Å². The number of aromatic amines is 1. The molecule has 62 valence electrons. The van der Waals surface area contributed by atoms with Crippen molar-refractivity contribution in [3.8, 4) is 11.3 Å². The smallest absolute Gasteiger partial charge is 0.148 e. The first-order chi connectivity index (χ1) is 5.90. The molecular weight excluding hydrogens is 154 g/mol. The summed E-state index contributed by atoms with van der Waals surface area (Å²) in [6, 6.07) is 3.80. The fourth-order valence-corrected chi connectivity index (χ4v) is 1.02. The number of hydrogen-bond acceptors (Lipinski definition) is 3. The summed E-state index contributed by atoms with van der Waals surface area (Å²) >= 11 is 0. The monoisotopic (exact) mass is 163 g/mol. The molecule has 0 aliphatic heterocycles. The van der Waals surface area contributed by atoms with Crippen molar-refractivity contribution < 1.29 is 4.42 Å². The van der Waals surface area contributed by atoms with Crippen molar-refractivity contribution in [1.29, 1.82) is 0 Å². The van der Waals surface area contributed by atoms with E-state index < -0.39 is 0 Å². The van der Waals surface area contributed by atoms with Crippen LogP contribution in [0.1, 0.15) is 0 Å². The lowest BCUT2D eigenvalue weighted by Crippen LogP contribution is -1.85. The van der Waals surface area contributed by atoms with Gasteiger partial charge in [-0.15, -0.1) is 0 Å². The lowest BCUT2D eigenvalue weighted by atomic mass is 10.2. The fourth-order valence-electron chi connectivity index (χ4n) is 1.02. The average Bonchev–Trinajstić information content (AvgIpc) is 2.75. The van der Waals surface area contributed by atoms with Crippen LogP contribution in [0.3, 0.4) is 0 Å². The van der Waals surface area contributed by atoms with Gasteiger partial charge < -0.3 is 9.73 Å². The Morgan fingerprint density at radius 2 is 2.50 bits per heavy atom. The molecule has 0 aromatic carbocycles. The topological polar surface area (TPSA) is 53.9 Å². The second-order valence-electron chi connectivity index (χ2n) is 2.43. The Morgan fingerprint density at radius 3 is 3.08 bits per heavy atom. The first-order valence-electron chi connectivity index (χ1n) is 3.66. The van der Waals surface area contributed by atoms with Gasteiger partial charge in [-0.2, -0.15) is 5.10 Å². The molecule has 0 fully saturated rings. The Bertz CT molecular complexity index is 350. The van der Waals surface area contributed by atoms with Gasteiger partial charge in [-0.3, -0.25) is 5.10 Å². The van der Waals surface area contributed by atoms with E-state index in [0.29, 0.717) is 0 Å². The van der Waals surface area contributed by atoms with Crippen LogP contribution in [0.4, 0.5) is 5.82 Å². The third-order valence-electron chi connectivity index (χ3n) is 1.67. The third-order valence-corrected chi connectivity index (χ3v) is 1.67. The minimum Gasteiger partial charge on any atom is -0.472 e. The molecule has 0 saturated heterocycles. The van der Waals surface area contributed by atoms with E-state index in [0.717, 1.165) is 17.1 Å². The summed E-state index contributed by atoms with van der Waals surface area (Å²) in [5.74, 6) is 0.825. The van der Waals surface area contributed by atoms with Gasteiger partial charge in [0.2, 0.25) is 0 Å². The third kappa shape index (κ3) is 1.07.